The van der Waals surface area contributed by atoms with E-state index in [2.05, 4.69) is 21.4 Å². The lowest BCUT2D eigenvalue weighted by atomic mass is 10.1. The van der Waals surface area contributed by atoms with Gasteiger partial charge in [0.15, 0.2) is 11.7 Å². The standard InChI is InChI=1S/C21H14N4O2S2/c22-12-15(20-24-16-6-2-4-8-18(16)29-20)11-14-5-1-3-7-17(14)27-13-19(26)25-21-23-9-10-28-21/h1-11H,13H2,(H,23,25,26)/b15-11+. The van der Waals surface area contributed by atoms with Crippen LogP contribution in [0.5, 0.6) is 5.75 Å². The van der Waals surface area contributed by atoms with Crippen molar-refractivity contribution in [1.82, 2.24) is 9.97 Å². The van der Waals surface area contributed by atoms with Crippen LogP contribution in [0, 0.1) is 11.3 Å². The number of rotatable bonds is 6. The van der Waals surface area contributed by atoms with Crippen molar-refractivity contribution < 1.29 is 9.53 Å². The number of amides is 1. The number of para-hydroxylation sites is 2. The van der Waals surface area contributed by atoms with E-state index in [0.29, 0.717) is 27.0 Å². The molecule has 0 saturated heterocycles. The number of ether oxygens (including phenoxy) is 1. The van der Waals surface area contributed by atoms with Crippen LogP contribution in [0.4, 0.5) is 5.13 Å². The third kappa shape index (κ3) is 4.48. The Hall–Kier alpha value is -3.54. The van der Waals surface area contributed by atoms with Gasteiger partial charge in [0.25, 0.3) is 5.91 Å². The SMILES string of the molecule is N#C/C(=C\c1ccccc1OCC(=O)Nc1nccs1)c1nc2ccccc2s1. The largest absolute Gasteiger partial charge is 0.483 e. The van der Waals surface area contributed by atoms with Crippen molar-refractivity contribution in [2.45, 2.75) is 0 Å². The first-order chi connectivity index (χ1) is 14.2. The number of benzene rings is 2. The van der Waals surface area contributed by atoms with E-state index in [1.54, 1.807) is 23.7 Å². The summed E-state index contributed by atoms with van der Waals surface area (Å²) in [6, 6.07) is 17.2. The summed E-state index contributed by atoms with van der Waals surface area (Å²) < 4.78 is 6.70. The molecule has 0 saturated carbocycles. The first-order valence-corrected chi connectivity index (χ1v) is 10.3. The van der Waals surface area contributed by atoms with E-state index in [-0.39, 0.29) is 12.5 Å². The van der Waals surface area contributed by atoms with Crippen LogP contribution in [-0.2, 0) is 4.79 Å². The van der Waals surface area contributed by atoms with Gasteiger partial charge >= 0.3 is 0 Å². The summed E-state index contributed by atoms with van der Waals surface area (Å²) in [6.45, 7) is -0.159. The van der Waals surface area contributed by atoms with Crippen LogP contribution in [0.1, 0.15) is 10.6 Å². The molecular formula is C21H14N4O2S2. The van der Waals surface area contributed by atoms with Gasteiger partial charge in [-0.05, 0) is 24.3 Å². The van der Waals surface area contributed by atoms with Gasteiger partial charge in [0.1, 0.15) is 16.8 Å². The quantitative estimate of drug-likeness (QED) is 0.453. The molecule has 4 aromatic rings. The van der Waals surface area contributed by atoms with Crippen molar-refractivity contribution in [2.75, 3.05) is 11.9 Å². The van der Waals surface area contributed by atoms with Crippen LogP contribution in [0.2, 0.25) is 0 Å². The van der Waals surface area contributed by atoms with Crippen molar-refractivity contribution in [3.8, 4) is 11.8 Å². The average molecular weight is 419 g/mol. The number of carbonyl (C=O) groups is 1. The Morgan fingerprint density at radius 2 is 2.03 bits per heavy atom. The summed E-state index contributed by atoms with van der Waals surface area (Å²) in [4.78, 5) is 20.6. The Morgan fingerprint density at radius 3 is 2.83 bits per heavy atom. The van der Waals surface area contributed by atoms with E-state index in [0.717, 1.165) is 10.2 Å². The molecule has 1 N–H and O–H groups in total. The molecule has 2 aromatic heterocycles. The van der Waals surface area contributed by atoms with Crippen LogP contribution in [0.25, 0.3) is 21.9 Å². The number of hydrogen-bond donors (Lipinski definition) is 1. The van der Waals surface area contributed by atoms with Crippen molar-refractivity contribution in [2.24, 2.45) is 0 Å². The Labute approximate surface area is 174 Å². The lowest BCUT2D eigenvalue weighted by Gasteiger charge is -2.09. The maximum Gasteiger partial charge on any atom is 0.264 e. The molecule has 2 heterocycles. The molecule has 142 valence electrons. The third-order valence-corrected chi connectivity index (χ3v) is 5.66. The molecule has 0 bridgehead atoms. The molecule has 29 heavy (non-hydrogen) atoms. The van der Waals surface area contributed by atoms with Crippen molar-refractivity contribution >= 4 is 55.6 Å². The van der Waals surface area contributed by atoms with Gasteiger partial charge < -0.3 is 4.74 Å². The topological polar surface area (TPSA) is 87.9 Å². The maximum absolute atomic E-state index is 12.0. The minimum absolute atomic E-state index is 0.159. The second-order valence-corrected chi connectivity index (χ2v) is 7.79. The monoisotopic (exact) mass is 418 g/mol. The Morgan fingerprint density at radius 1 is 1.21 bits per heavy atom. The van der Waals surface area contributed by atoms with E-state index in [4.69, 9.17) is 4.74 Å². The number of nitriles is 1. The molecular weight excluding hydrogens is 404 g/mol. The van der Waals surface area contributed by atoms with Crippen molar-refractivity contribution in [3.63, 3.8) is 0 Å². The van der Waals surface area contributed by atoms with E-state index in [9.17, 15) is 10.1 Å². The third-order valence-electron chi connectivity index (χ3n) is 3.90. The van der Waals surface area contributed by atoms with Gasteiger partial charge in [-0.2, -0.15) is 5.26 Å². The smallest absolute Gasteiger partial charge is 0.264 e. The van der Waals surface area contributed by atoms with Crippen LogP contribution in [0.15, 0.2) is 60.1 Å². The van der Waals surface area contributed by atoms with Crippen LogP contribution < -0.4 is 10.1 Å². The molecule has 8 heteroatoms. The van der Waals surface area contributed by atoms with Crippen LogP contribution >= 0.6 is 22.7 Å². The van der Waals surface area contributed by atoms with E-state index in [1.165, 1.54) is 22.7 Å². The number of hydrogen-bond acceptors (Lipinski definition) is 7. The van der Waals surface area contributed by atoms with Gasteiger partial charge in [0, 0.05) is 17.1 Å². The highest BCUT2D eigenvalue weighted by atomic mass is 32.1. The van der Waals surface area contributed by atoms with Gasteiger partial charge in [0.05, 0.1) is 15.8 Å². The van der Waals surface area contributed by atoms with Gasteiger partial charge in [-0.1, -0.05) is 30.3 Å². The fraction of sp³-hybridized carbons (Fsp3) is 0.0476. The molecule has 4 rings (SSSR count). The zero-order valence-corrected chi connectivity index (χ0v) is 16.7. The molecule has 0 spiro atoms. The predicted molar refractivity (Wildman–Crippen MR) is 116 cm³/mol. The Bertz CT molecular complexity index is 1190. The summed E-state index contributed by atoms with van der Waals surface area (Å²) in [5.41, 5.74) is 2.00. The minimum atomic E-state index is -0.301. The summed E-state index contributed by atoms with van der Waals surface area (Å²) >= 11 is 2.80. The fourth-order valence-electron chi connectivity index (χ4n) is 2.60. The summed E-state index contributed by atoms with van der Waals surface area (Å²) in [6.07, 6.45) is 3.35. The number of carbonyl (C=O) groups excluding carboxylic acids is 1. The normalized spacial score (nSPS) is 11.2. The van der Waals surface area contributed by atoms with Crippen molar-refractivity contribution in [1.29, 1.82) is 5.26 Å². The predicted octanol–water partition coefficient (Wildman–Crippen LogP) is 4.83. The zero-order chi connectivity index (χ0) is 20.1. The van der Waals surface area contributed by atoms with Crippen molar-refractivity contribution in [3.05, 3.63) is 70.7 Å². The van der Waals surface area contributed by atoms with Crippen LogP contribution in [0.3, 0.4) is 0 Å². The summed E-state index contributed by atoms with van der Waals surface area (Å²) in [5, 5.41) is 15.3. The fourth-order valence-corrected chi connectivity index (χ4v) is 4.08. The molecule has 0 fully saturated rings. The molecule has 0 unspecified atom stereocenters. The first-order valence-electron chi connectivity index (χ1n) is 8.62. The summed E-state index contributed by atoms with van der Waals surface area (Å²) in [7, 11) is 0. The number of nitrogens with zero attached hydrogens (tertiary/aromatic N) is 3. The number of anilines is 1. The molecule has 0 radical (unpaired) electrons. The average Bonchev–Trinajstić information content (AvgIpc) is 3.40. The zero-order valence-electron chi connectivity index (χ0n) is 15.0. The van der Waals surface area contributed by atoms with Gasteiger partial charge in [-0.15, -0.1) is 22.7 Å². The second kappa shape index (κ2) is 8.65. The molecule has 1 amide bonds. The number of allylic oxidation sites excluding steroid dienone is 1. The lowest BCUT2D eigenvalue weighted by Crippen LogP contribution is -2.20. The molecule has 2 aromatic carbocycles. The maximum atomic E-state index is 12.0. The summed E-state index contributed by atoms with van der Waals surface area (Å²) in [5.74, 6) is 0.209. The number of aromatic nitrogens is 2. The Kier molecular flexibility index (Phi) is 5.61. The molecule has 0 aliphatic heterocycles. The molecule has 0 aliphatic rings. The minimum Gasteiger partial charge on any atom is -0.483 e. The highest BCUT2D eigenvalue weighted by molar-refractivity contribution is 7.19. The number of nitrogens with one attached hydrogen (secondary N) is 1. The van der Waals surface area contributed by atoms with Crippen LogP contribution in [-0.4, -0.2) is 22.5 Å². The Balaban J connectivity index is 1.55. The lowest BCUT2D eigenvalue weighted by molar-refractivity contribution is -0.118. The van der Waals surface area contributed by atoms with Gasteiger partial charge in [-0.25, -0.2) is 9.97 Å². The molecule has 0 aliphatic carbocycles. The van der Waals surface area contributed by atoms with Gasteiger partial charge in [0.2, 0.25) is 0 Å². The molecule has 0 atom stereocenters. The number of thiazole rings is 2. The highest BCUT2D eigenvalue weighted by Crippen LogP contribution is 2.30. The van der Waals surface area contributed by atoms with E-state index in [1.807, 2.05) is 42.5 Å². The first kappa shape index (κ1) is 18.8. The highest BCUT2D eigenvalue weighted by Gasteiger charge is 2.11. The second-order valence-electron chi connectivity index (χ2n) is 5.87. The van der Waals surface area contributed by atoms with E-state index >= 15 is 0 Å². The van der Waals surface area contributed by atoms with Gasteiger partial charge in [-0.3, -0.25) is 10.1 Å². The number of fused-ring (bicyclic) bond motifs is 1. The molecule has 6 nitrogen and oxygen atoms in total. The van der Waals surface area contributed by atoms with E-state index < -0.39 is 0 Å².